The lowest BCUT2D eigenvalue weighted by atomic mass is 9.63. The van der Waals surface area contributed by atoms with Crippen LogP contribution < -0.4 is 0 Å². The van der Waals surface area contributed by atoms with Gasteiger partial charge < -0.3 is 54.7 Å². The molecule has 0 aromatic heterocycles. The molecule has 204 valence electrons. The highest BCUT2D eigenvalue weighted by molar-refractivity contribution is 5.03. The largest absolute Gasteiger partial charge is 0.394 e. The molecule has 2 heterocycles. The first-order valence-electron chi connectivity index (χ1n) is 12.3. The minimum Gasteiger partial charge on any atom is -0.394 e. The molecule has 0 aromatic rings. The normalized spacial score (nSPS) is 47.3. The third-order valence-electron chi connectivity index (χ3n) is 7.45. The molecule has 13 unspecified atom stereocenters. The summed E-state index contributed by atoms with van der Waals surface area (Å²) in [5, 5.41) is 70.2. The van der Waals surface area contributed by atoms with Gasteiger partial charge in [-0.25, -0.2) is 0 Å². The van der Waals surface area contributed by atoms with Gasteiger partial charge >= 0.3 is 0 Å². The van der Waals surface area contributed by atoms with Crippen LogP contribution in [0, 0.1) is 17.3 Å². The molecule has 0 radical (unpaired) electrons. The molecule has 0 bridgehead atoms. The van der Waals surface area contributed by atoms with E-state index in [9.17, 15) is 35.7 Å². The number of hydrogen-bond donors (Lipinski definition) is 7. The van der Waals surface area contributed by atoms with Crippen LogP contribution in [0.15, 0.2) is 12.2 Å². The number of ether oxygens (including phenoxy) is 4. The number of allylic oxidation sites excluding steroid dienone is 1. The third kappa shape index (κ3) is 6.60. The smallest absolute Gasteiger partial charge is 0.187 e. The molecule has 3 fully saturated rings. The van der Waals surface area contributed by atoms with Gasteiger partial charge in [-0.05, 0) is 37.0 Å². The Morgan fingerprint density at radius 1 is 0.914 bits per heavy atom. The summed E-state index contributed by atoms with van der Waals surface area (Å²) in [7, 11) is 0. The van der Waals surface area contributed by atoms with Crippen molar-refractivity contribution in [2.45, 2.75) is 108 Å². The van der Waals surface area contributed by atoms with Gasteiger partial charge in [-0.15, -0.1) is 0 Å². The maximum atomic E-state index is 10.4. The average molecular weight is 507 g/mol. The van der Waals surface area contributed by atoms with Crippen molar-refractivity contribution < 1.29 is 54.7 Å². The van der Waals surface area contributed by atoms with Gasteiger partial charge in [0, 0.05) is 0 Å². The lowest BCUT2D eigenvalue weighted by molar-refractivity contribution is -0.314. The van der Waals surface area contributed by atoms with Crippen LogP contribution in [-0.2, 0) is 18.9 Å². The second kappa shape index (κ2) is 11.8. The predicted molar refractivity (Wildman–Crippen MR) is 122 cm³/mol. The van der Waals surface area contributed by atoms with Crippen LogP contribution in [0.2, 0.25) is 0 Å². The Labute approximate surface area is 205 Å². The Morgan fingerprint density at radius 3 is 2.11 bits per heavy atom. The van der Waals surface area contributed by atoms with Crippen LogP contribution in [-0.4, -0.2) is 116 Å². The number of aliphatic hydroxyl groups excluding tert-OH is 7. The van der Waals surface area contributed by atoms with Crippen molar-refractivity contribution in [1.29, 1.82) is 0 Å². The summed E-state index contributed by atoms with van der Waals surface area (Å²) in [4.78, 5) is 0. The topological polar surface area (TPSA) is 179 Å². The van der Waals surface area contributed by atoms with Crippen LogP contribution >= 0.6 is 0 Å². The zero-order chi connectivity index (χ0) is 26.1. The summed E-state index contributed by atoms with van der Waals surface area (Å²) < 4.78 is 22.2. The minimum absolute atomic E-state index is 0.0909. The Kier molecular flexibility index (Phi) is 9.72. The maximum absolute atomic E-state index is 10.4. The number of hydrogen-bond acceptors (Lipinski definition) is 11. The van der Waals surface area contributed by atoms with E-state index in [2.05, 4.69) is 26.8 Å². The van der Waals surface area contributed by atoms with Crippen molar-refractivity contribution in [3.05, 3.63) is 12.2 Å². The van der Waals surface area contributed by atoms with Crippen molar-refractivity contribution in [1.82, 2.24) is 0 Å². The monoisotopic (exact) mass is 506 g/mol. The van der Waals surface area contributed by atoms with E-state index in [4.69, 9.17) is 18.9 Å². The van der Waals surface area contributed by atoms with Crippen molar-refractivity contribution in [3.8, 4) is 0 Å². The summed E-state index contributed by atoms with van der Waals surface area (Å²) in [6.07, 6.45) is -7.43. The van der Waals surface area contributed by atoms with Crippen LogP contribution in [0.5, 0.6) is 0 Å². The highest BCUT2D eigenvalue weighted by Crippen LogP contribution is 2.44. The van der Waals surface area contributed by atoms with Gasteiger partial charge in [0.25, 0.3) is 0 Å². The van der Waals surface area contributed by atoms with Gasteiger partial charge in [-0.2, -0.15) is 0 Å². The Hall–Kier alpha value is -0.700. The SMILES string of the molecule is CC(C=CC1C(C)CC(O)CC1(C)C)OC1OC(COC2OC(CO)C(O)C2O)C(O)C(O)C1O. The lowest BCUT2D eigenvalue weighted by Crippen LogP contribution is -2.60. The molecule has 7 N–H and O–H groups in total. The van der Waals surface area contributed by atoms with Crippen LogP contribution in [0.4, 0.5) is 0 Å². The van der Waals surface area contributed by atoms with Crippen LogP contribution in [0.3, 0.4) is 0 Å². The quantitative estimate of drug-likeness (QED) is 0.193. The standard InChI is InChI=1S/C24H42O11/c1-11-7-13(26)8-24(3,4)14(11)6-5-12(2)33-23-21(31)19(29)18(28)16(35-23)10-32-22-20(30)17(27)15(9-25)34-22/h5-6,11-23,25-31H,7-10H2,1-4H3. The predicted octanol–water partition coefficient (Wildman–Crippen LogP) is -1.36. The molecular weight excluding hydrogens is 464 g/mol. The summed E-state index contributed by atoms with van der Waals surface area (Å²) in [6.45, 7) is 7.27. The van der Waals surface area contributed by atoms with Gasteiger partial charge in [0.2, 0.25) is 0 Å². The van der Waals surface area contributed by atoms with Crippen molar-refractivity contribution in [2.24, 2.45) is 17.3 Å². The first-order valence-corrected chi connectivity index (χ1v) is 12.3. The van der Waals surface area contributed by atoms with Gasteiger partial charge in [-0.3, -0.25) is 0 Å². The molecule has 1 aliphatic carbocycles. The molecule has 0 amide bonds. The second-order valence-electron chi connectivity index (χ2n) is 10.9. The maximum Gasteiger partial charge on any atom is 0.187 e. The Morgan fingerprint density at radius 2 is 1.51 bits per heavy atom. The second-order valence-corrected chi connectivity index (χ2v) is 10.9. The molecule has 3 rings (SSSR count). The average Bonchev–Trinajstić information content (AvgIpc) is 3.05. The summed E-state index contributed by atoms with van der Waals surface area (Å²) in [6, 6.07) is 0. The Bertz CT molecular complexity index is 703. The van der Waals surface area contributed by atoms with E-state index in [1.54, 1.807) is 6.92 Å². The van der Waals surface area contributed by atoms with Crippen molar-refractivity contribution in [2.75, 3.05) is 13.2 Å². The molecule has 13 atom stereocenters. The molecule has 11 heteroatoms. The zero-order valence-corrected chi connectivity index (χ0v) is 20.8. The van der Waals surface area contributed by atoms with Gasteiger partial charge in [-0.1, -0.05) is 32.9 Å². The van der Waals surface area contributed by atoms with Gasteiger partial charge in [0.15, 0.2) is 12.6 Å². The minimum atomic E-state index is -1.57. The molecule has 1 saturated carbocycles. The lowest BCUT2D eigenvalue weighted by Gasteiger charge is -2.44. The van der Waals surface area contributed by atoms with Crippen LogP contribution in [0.1, 0.15) is 40.5 Å². The number of rotatable bonds is 8. The number of aliphatic hydroxyl groups is 7. The molecular formula is C24H42O11. The molecule has 3 aliphatic rings. The molecule has 0 spiro atoms. The molecule has 0 aromatic carbocycles. The van der Waals surface area contributed by atoms with Gasteiger partial charge in [0.05, 0.1) is 25.4 Å². The van der Waals surface area contributed by atoms with Gasteiger partial charge in [0.1, 0.15) is 42.7 Å². The van der Waals surface area contributed by atoms with E-state index in [0.717, 1.165) is 6.42 Å². The fourth-order valence-electron chi connectivity index (χ4n) is 5.52. The summed E-state index contributed by atoms with van der Waals surface area (Å²) >= 11 is 0. The first-order chi connectivity index (χ1) is 16.4. The highest BCUT2D eigenvalue weighted by atomic mass is 16.7. The van der Waals surface area contributed by atoms with E-state index in [1.165, 1.54) is 0 Å². The molecule has 2 aliphatic heterocycles. The molecule has 11 nitrogen and oxygen atoms in total. The van der Waals surface area contributed by atoms with E-state index in [-0.39, 0.29) is 30.0 Å². The van der Waals surface area contributed by atoms with E-state index < -0.39 is 68.0 Å². The fraction of sp³-hybridized carbons (Fsp3) is 0.917. The van der Waals surface area contributed by atoms with E-state index >= 15 is 0 Å². The third-order valence-corrected chi connectivity index (χ3v) is 7.45. The van der Waals surface area contributed by atoms with Crippen LogP contribution in [0.25, 0.3) is 0 Å². The summed E-state index contributed by atoms with van der Waals surface area (Å²) in [5.74, 6) is 0.503. The van der Waals surface area contributed by atoms with E-state index in [1.807, 2.05) is 6.08 Å². The fourth-order valence-corrected chi connectivity index (χ4v) is 5.52. The Balaban J connectivity index is 1.58. The van der Waals surface area contributed by atoms with Crippen molar-refractivity contribution in [3.63, 3.8) is 0 Å². The summed E-state index contributed by atoms with van der Waals surface area (Å²) in [5.41, 5.74) is -0.0909. The van der Waals surface area contributed by atoms with E-state index in [0.29, 0.717) is 6.42 Å². The molecule has 2 saturated heterocycles. The highest BCUT2D eigenvalue weighted by Gasteiger charge is 2.47. The molecule has 35 heavy (non-hydrogen) atoms. The van der Waals surface area contributed by atoms with Crippen molar-refractivity contribution >= 4 is 0 Å². The first kappa shape index (κ1) is 28.9. The zero-order valence-electron chi connectivity index (χ0n) is 20.8.